The van der Waals surface area contributed by atoms with Crippen LogP contribution in [-0.4, -0.2) is 17.9 Å². The minimum Gasteiger partial charge on any atom is -0.380 e. The fourth-order valence-electron chi connectivity index (χ4n) is 1.83. The van der Waals surface area contributed by atoms with Gasteiger partial charge in [-0.05, 0) is 12.5 Å². The van der Waals surface area contributed by atoms with Gasteiger partial charge in [0.25, 0.3) is 0 Å². The van der Waals surface area contributed by atoms with E-state index in [1.54, 1.807) is 19.2 Å². The summed E-state index contributed by atoms with van der Waals surface area (Å²) in [6.07, 6.45) is 0. The Morgan fingerprint density at radius 3 is 2.65 bits per heavy atom. The van der Waals surface area contributed by atoms with Gasteiger partial charge in [0.1, 0.15) is 5.01 Å². The monoisotopic (exact) mass is 286 g/mol. The minimum absolute atomic E-state index is 0.217. The molecular formula is C15H14N2O2S. The highest BCUT2D eigenvalue weighted by Crippen LogP contribution is 2.24. The number of nitrogens with zero attached hydrogens (tertiary/aromatic N) is 2. The maximum absolute atomic E-state index is 12.4. The topological polar surface area (TPSA) is 63.0 Å². The number of methoxy groups -OCH3 is 1. The third-order valence-corrected chi connectivity index (χ3v) is 3.85. The van der Waals surface area contributed by atoms with Crippen molar-refractivity contribution in [3.8, 4) is 6.07 Å². The van der Waals surface area contributed by atoms with Crippen molar-refractivity contribution in [1.82, 2.24) is 4.98 Å². The van der Waals surface area contributed by atoms with Crippen LogP contribution in [0, 0.1) is 18.3 Å². The summed E-state index contributed by atoms with van der Waals surface area (Å²) in [6.45, 7) is 2.35. The van der Waals surface area contributed by atoms with Gasteiger partial charge in [-0.2, -0.15) is 5.26 Å². The standard InChI is InChI=1S/C15H14N2O2S/c1-10-9-20-15(17-10)13(7-16)14(18)12-5-3-11(4-6-12)8-19-2/h3-6,9,13H,8H2,1-2H3. The first kappa shape index (κ1) is 14.4. The molecule has 2 rings (SSSR count). The highest BCUT2D eigenvalue weighted by atomic mass is 32.1. The number of nitriles is 1. The number of ketones is 1. The number of rotatable bonds is 5. The quantitative estimate of drug-likeness (QED) is 0.792. The van der Waals surface area contributed by atoms with Gasteiger partial charge in [0.15, 0.2) is 11.7 Å². The first-order valence-electron chi connectivity index (χ1n) is 6.09. The summed E-state index contributed by atoms with van der Waals surface area (Å²) < 4.78 is 5.02. The first-order valence-corrected chi connectivity index (χ1v) is 6.97. The Labute approximate surface area is 121 Å². The minimum atomic E-state index is -0.832. The molecule has 0 N–H and O–H groups in total. The average molecular weight is 286 g/mol. The molecule has 1 atom stereocenters. The molecule has 0 bridgehead atoms. The van der Waals surface area contributed by atoms with Crippen LogP contribution in [0.25, 0.3) is 0 Å². The van der Waals surface area contributed by atoms with Gasteiger partial charge in [-0.1, -0.05) is 24.3 Å². The Morgan fingerprint density at radius 2 is 2.15 bits per heavy atom. The van der Waals surface area contributed by atoms with E-state index in [0.717, 1.165) is 11.3 Å². The largest absolute Gasteiger partial charge is 0.380 e. The molecule has 1 heterocycles. The molecule has 20 heavy (non-hydrogen) atoms. The Morgan fingerprint density at radius 1 is 1.45 bits per heavy atom. The molecule has 0 aliphatic heterocycles. The predicted molar refractivity (Wildman–Crippen MR) is 76.7 cm³/mol. The molecule has 1 aromatic heterocycles. The van der Waals surface area contributed by atoms with Crippen molar-refractivity contribution < 1.29 is 9.53 Å². The van der Waals surface area contributed by atoms with E-state index < -0.39 is 5.92 Å². The second-order valence-electron chi connectivity index (χ2n) is 4.38. The van der Waals surface area contributed by atoms with Gasteiger partial charge in [0, 0.05) is 23.7 Å². The van der Waals surface area contributed by atoms with Gasteiger partial charge >= 0.3 is 0 Å². The van der Waals surface area contributed by atoms with Crippen molar-refractivity contribution >= 4 is 17.1 Å². The number of ether oxygens (including phenoxy) is 1. The van der Waals surface area contributed by atoms with Gasteiger partial charge < -0.3 is 4.74 Å². The average Bonchev–Trinajstić information content (AvgIpc) is 2.87. The van der Waals surface area contributed by atoms with Crippen LogP contribution in [0.15, 0.2) is 29.6 Å². The van der Waals surface area contributed by atoms with Crippen LogP contribution in [0.4, 0.5) is 0 Å². The summed E-state index contributed by atoms with van der Waals surface area (Å²) in [5.41, 5.74) is 2.33. The van der Waals surface area contributed by atoms with Crippen molar-refractivity contribution in [3.05, 3.63) is 51.5 Å². The SMILES string of the molecule is COCc1ccc(C(=O)C(C#N)c2nc(C)cs2)cc1. The van der Waals surface area contributed by atoms with Crippen molar-refractivity contribution in [2.24, 2.45) is 0 Å². The Bertz CT molecular complexity index is 641. The molecule has 0 fully saturated rings. The maximum Gasteiger partial charge on any atom is 0.186 e. The molecule has 5 heteroatoms. The lowest BCUT2D eigenvalue weighted by Gasteiger charge is -2.06. The number of hydrogen-bond acceptors (Lipinski definition) is 5. The third kappa shape index (κ3) is 3.10. The Hall–Kier alpha value is -2.03. The van der Waals surface area contributed by atoms with Crippen LogP contribution in [-0.2, 0) is 11.3 Å². The molecule has 1 aromatic carbocycles. The molecule has 0 radical (unpaired) electrons. The normalized spacial score (nSPS) is 11.8. The third-order valence-electron chi connectivity index (χ3n) is 2.82. The summed E-state index contributed by atoms with van der Waals surface area (Å²) >= 11 is 1.34. The van der Waals surface area contributed by atoms with E-state index in [9.17, 15) is 10.1 Å². The number of carbonyl (C=O) groups is 1. The molecule has 2 aromatic rings. The fourth-order valence-corrected chi connectivity index (χ4v) is 2.67. The summed E-state index contributed by atoms with van der Waals surface area (Å²) in [7, 11) is 1.62. The van der Waals surface area contributed by atoms with Gasteiger partial charge in [0.05, 0.1) is 12.7 Å². The Balaban J connectivity index is 2.23. The second kappa shape index (κ2) is 6.42. The van der Waals surface area contributed by atoms with Crippen LogP contribution in [0.1, 0.15) is 32.5 Å². The van der Waals surface area contributed by atoms with E-state index in [2.05, 4.69) is 4.98 Å². The van der Waals surface area contributed by atoms with Crippen LogP contribution in [0.5, 0.6) is 0 Å². The van der Waals surface area contributed by atoms with Crippen molar-refractivity contribution in [2.45, 2.75) is 19.4 Å². The first-order chi connectivity index (χ1) is 9.65. The van der Waals surface area contributed by atoms with Crippen molar-refractivity contribution in [3.63, 3.8) is 0 Å². The number of carbonyl (C=O) groups excluding carboxylic acids is 1. The van der Waals surface area contributed by atoms with E-state index in [0.29, 0.717) is 17.2 Å². The molecule has 0 aliphatic carbocycles. The van der Waals surface area contributed by atoms with Crippen molar-refractivity contribution in [2.75, 3.05) is 7.11 Å². The van der Waals surface area contributed by atoms with E-state index >= 15 is 0 Å². The van der Waals surface area contributed by atoms with Crippen LogP contribution in [0.3, 0.4) is 0 Å². The summed E-state index contributed by atoms with van der Waals surface area (Å²) in [6, 6.07) is 9.15. The smallest absolute Gasteiger partial charge is 0.186 e. The number of thiazole rings is 1. The lowest BCUT2D eigenvalue weighted by Crippen LogP contribution is -2.11. The zero-order chi connectivity index (χ0) is 14.5. The van der Waals surface area contributed by atoms with E-state index in [4.69, 9.17) is 4.74 Å². The number of hydrogen-bond donors (Lipinski definition) is 0. The molecular weight excluding hydrogens is 272 g/mol. The van der Waals surface area contributed by atoms with Gasteiger partial charge in [-0.15, -0.1) is 11.3 Å². The van der Waals surface area contributed by atoms with Crippen molar-refractivity contribution in [1.29, 1.82) is 5.26 Å². The van der Waals surface area contributed by atoms with Crippen LogP contribution >= 0.6 is 11.3 Å². The second-order valence-corrected chi connectivity index (χ2v) is 5.27. The number of aromatic nitrogens is 1. The lowest BCUT2D eigenvalue weighted by molar-refractivity contribution is 0.0978. The summed E-state index contributed by atoms with van der Waals surface area (Å²) in [5.74, 6) is -1.05. The molecule has 102 valence electrons. The predicted octanol–water partition coefficient (Wildman–Crippen LogP) is 3.09. The van der Waals surface area contributed by atoms with Gasteiger partial charge in [0.2, 0.25) is 0 Å². The maximum atomic E-state index is 12.4. The van der Waals surface area contributed by atoms with Crippen LogP contribution < -0.4 is 0 Å². The van der Waals surface area contributed by atoms with E-state index in [1.807, 2.05) is 30.5 Å². The molecule has 0 saturated heterocycles. The molecule has 0 aliphatic rings. The number of benzene rings is 1. The van der Waals surface area contributed by atoms with E-state index in [1.165, 1.54) is 11.3 Å². The zero-order valence-electron chi connectivity index (χ0n) is 11.3. The van der Waals surface area contributed by atoms with Crippen LogP contribution in [0.2, 0.25) is 0 Å². The number of aryl methyl sites for hydroxylation is 1. The highest BCUT2D eigenvalue weighted by molar-refractivity contribution is 7.10. The lowest BCUT2D eigenvalue weighted by atomic mass is 9.98. The fraction of sp³-hybridized carbons (Fsp3) is 0.267. The van der Waals surface area contributed by atoms with E-state index in [-0.39, 0.29) is 5.78 Å². The molecule has 1 unspecified atom stereocenters. The Kier molecular flexibility index (Phi) is 4.61. The van der Waals surface area contributed by atoms with Gasteiger partial charge in [-0.3, -0.25) is 4.79 Å². The highest BCUT2D eigenvalue weighted by Gasteiger charge is 2.24. The summed E-state index contributed by atoms with van der Waals surface area (Å²) in [4.78, 5) is 16.6. The molecule has 0 saturated carbocycles. The molecule has 0 amide bonds. The number of Topliss-reactive ketones (excluding diaryl/α,β-unsaturated/α-hetero) is 1. The zero-order valence-corrected chi connectivity index (χ0v) is 12.1. The van der Waals surface area contributed by atoms with Gasteiger partial charge in [-0.25, -0.2) is 4.98 Å². The molecule has 0 spiro atoms. The summed E-state index contributed by atoms with van der Waals surface area (Å²) in [5, 5.41) is 11.6. The molecule has 4 nitrogen and oxygen atoms in total.